The molecule has 0 radical (unpaired) electrons. The van der Waals surface area contributed by atoms with Crippen molar-refractivity contribution >= 4 is 45.7 Å². The highest BCUT2D eigenvalue weighted by atomic mass is 35.5. The van der Waals surface area contributed by atoms with Gasteiger partial charge in [-0.3, -0.25) is 14.9 Å². The molecular formula is C26H23ClN4O4. The highest BCUT2D eigenvalue weighted by molar-refractivity contribution is 6.33. The zero-order valence-corrected chi connectivity index (χ0v) is 20.1. The van der Waals surface area contributed by atoms with E-state index in [4.69, 9.17) is 16.0 Å². The summed E-state index contributed by atoms with van der Waals surface area (Å²) in [5.41, 5.74) is 5.13. The predicted molar refractivity (Wildman–Crippen MR) is 136 cm³/mol. The molecule has 1 aliphatic heterocycles. The van der Waals surface area contributed by atoms with Crippen LogP contribution in [0, 0.1) is 24.0 Å². The maximum absolute atomic E-state index is 13.0. The number of aromatic nitrogens is 1. The smallest absolute Gasteiger partial charge is 0.293 e. The van der Waals surface area contributed by atoms with Crippen LogP contribution in [-0.2, 0) is 0 Å². The van der Waals surface area contributed by atoms with Gasteiger partial charge in [-0.1, -0.05) is 17.7 Å². The van der Waals surface area contributed by atoms with E-state index in [1.54, 1.807) is 30.3 Å². The van der Waals surface area contributed by atoms with Crippen molar-refractivity contribution in [3.05, 3.63) is 80.4 Å². The molecule has 1 N–H and O–H groups in total. The molecule has 0 saturated carbocycles. The normalized spacial score (nSPS) is 13.4. The van der Waals surface area contributed by atoms with E-state index >= 15 is 0 Å². The summed E-state index contributed by atoms with van der Waals surface area (Å²) in [6.45, 7) is 5.49. The fourth-order valence-electron chi connectivity index (χ4n) is 4.50. The van der Waals surface area contributed by atoms with Crippen LogP contribution in [0.25, 0.3) is 22.6 Å². The SMILES string of the molecule is Cc1cc(C)c2oc(-c3cc(NC(=O)c4ccc(N5CCCC5)c([N+](=O)[O-])c4)ccc3Cl)nc2c1. The Labute approximate surface area is 206 Å². The Hall–Kier alpha value is -3.91. The number of halogens is 1. The Morgan fingerprint density at radius 1 is 1.11 bits per heavy atom. The molecule has 0 bridgehead atoms. The van der Waals surface area contributed by atoms with Crippen molar-refractivity contribution in [2.45, 2.75) is 26.7 Å². The first-order chi connectivity index (χ1) is 16.8. The highest BCUT2D eigenvalue weighted by Gasteiger charge is 2.24. The second-order valence-electron chi connectivity index (χ2n) is 8.75. The number of oxazole rings is 1. The number of nitro groups is 1. The standard InChI is InChI=1S/C26H23ClN4O4/c1-15-11-16(2)24-21(12-15)29-26(35-24)19-14-18(6-7-20(19)27)28-25(32)17-5-8-22(23(13-17)31(33)34)30-9-3-4-10-30/h5-8,11-14H,3-4,9-10H2,1-2H3,(H,28,32). The number of benzene rings is 3. The first-order valence-corrected chi connectivity index (χ1v) is 11.7. The molecule has 0 atom stereocenters. The Morgan fingerprint density at radius 3 is 2.63 bits per heavy atom. The van der Waals surface area contributed by atoms with Crippen molar-refractivity contribution in [1.29, 1.82) is 0 Å². The van der Waals surface area contributed by atoms with Gasteiger partial charge in [-0.05, 0) is 74.2 Å². The molecule has 1 saturated heterocycles. The van der Waals surface area contributed by atoms with E-state index in [-0.39, 0.29) is 11.3 Å². The van der Waals surface area contributed by atoms with Gasteiger partial charge in [0.2, 0.25) is 5.89 Å². The lowest BCUT2D eigenvalue weighted by Gasteiger charge is -2.17. The number of amides is 1. The molecule has 1 fully saturated rings. The molecule has 1 aliphatic rings. The van der Waals surface area contributed by atoms with E-state index < -0.39 is 10.8 Å². The van der Waals surface area contributed by atoms with Gasteiger partial charge in [-0.25, -0.2) is 4.98 Å². The van der Waals surface area contributed by atoms with Crippen LogP contribution in [0.2, 0.25) is 5.02 Å². The molecule has 4 aromatic rings. The van der Waals surface area contributed by atoms with Gasteiger partial charge < -0.3 is 14.6 Å². The lowest BCUT2D eigenvalue weighted by molar-refractivity contribution is -0.384. The van der Waals surface area contributed by atoms with Gasteiger partial charge in [0.15, 0.2) is 5.58 Å². The molecule has 178 valence electrons. The summed E-state index contributed by atoms with van der Waals surface area (Å²) in [5, 5.41) is 14.9. The fraction of sp³-hybridized carbons (Fsp3) is 0.231. The van der Waals surface area contributed by atoms with Crippen molar-refractivity contribution in [2.24, 2.45) is 0 Å². The van der Waals surface area contributed by atoms with Gasteiger partial charge in [0.25, 0.3) is 11.6 Å². The average Bonchev–Trinajstić information content (AvgIpc) is 3.50. The number of nitrogens with one attached hydrogen (secondary N) is 1. The summed E-state index contributed by atoms with van der Waals surface area (Å²) in [4.78, 5) is 30.8. The van der Waals surface area contributed by atoms with Crippen LogP contribution in [0.1, 0.15) is 34.3 Å². The minimum atomic E-state index is -0.460. The van der Waals surface area contributed by atoms with Gasteiger partial charge in [0.05, 0.1) is 15.5 Å². The topological polar surface area (TPSA) is 102 Å². The summed E-state index contributed by atoms with van der Waals surface area (Å²) in [7, 11) is 0. The molecule has 5 rings (SSSR count). The molecule has 0 aliphatic carbocycles. The van der Waals surface area contributed by atoms with Crippen LogP contribution in [0.3, 0.4) is 0 Å². The lowest BCUT2D eigenvalue weighted by Crippen LogP contribution is -2.19. The van der Waals surface area contributed by atoms with Crippen molar-refractivity contribution in [3.63, 3.8) is 0 Å². The number of hydrogen-bond acceptors (Lipinski definition) is 6. The molecule has 0 spiro atoms. The third kappa shape index (κ3) is 4.44. The summed E-state index contributed by atoms with van der Waals surface area (Å²) < 4.78 is 5.98. The first kappa shape index (κ1) is 22.9. The van der Waals surface area contributed by atoms with Gasteiger partial charge in [0, 0.05) is 30.4 Å². The van der Waals surface area contributed by atoms with E-state index in [2.05, 4.69) is 10.3 Å². The number of aryl methyl sites for hydroxylation is 2. The molecule has 3 aromatic carbocycles. The molecule has 9 heteroatoms. The Kier molecular flexibility index (Phi) is 5.90. The summed E-state index contributed by atoms with van der Waals surface area (Å²) in [6.07, 6.45) is 2.00. The van der Waals surface area contributed by atoms with Gasteiger partial charge in [0.1, 0.15) is 11.2 Å². The first-order valence-electron chi connectivity index (χ1n) is 11.3. The minimum absolute atomic E-state index is 0.0755. The van der Waals surface area contributed by atoms with Crippen LogP contribution in [0.5, 0.6) is 0 Å². The summed E-state index contributed by atoms with van der Waals surface area (Å²) >= 11 is 6.43. The Balaban J connectivity index is 1.44. The zero-order chi connectivity index (χ0) is 24.7. The van der Waals surface area contributed by atoms with Gasteiger partial charge >= 0.3 is 0 Å². The number of carbonyl (C=O) groups is 1. The molecule has 8 nitrogen and oxygen atoms in total. The second-order valence-corrected chi connectivity index (χ2v) is 9.16. The van der Waals surface area contributed by atoms with Crippen molar-refractivity contribution in [3.8, 4) is 11.5 Å². The number of rotatable bonds is 5. The number of hydrogen-bond donors (Lipinski definition) is 1. The quantitative estimate of drug-likeness (QED) is 0.252. The third-order valence-corrected chi connectivity index (χ3v) is 6.49. The van der Waals surface area contributed by atoms with E-state index in [9.17, 15) is 14.9 Å². The van der Waals surface area contributed by atoms with E-state index in [0.29, 0.717) is 33.4 Å². The Morgan fingerprint density at radius 2 is 1.89 bits per heavy atom. The molecule has 1 amide bonds. The summed E-state index contributed by atoms with van der Waals surface area (Å²) in [5.74, 6) is -0.112. The second kappa shape index (κ2) is 9.03. The number of anilines is 2. The number of nitrogens with zero attached hydrogens (tertiary/aromatic N) is 3. The minimum Gasteiger partial charge on any atom is -0.436 e. The summed E-state index contributed by atoms with van der Waals surface area (Å²) in [6, 6.07) is 13.5. The van der Waals surface area contributed by atoms with Crippen LogP contribution in [0.15, 0.2) is 52.9 Å². The predicted octanol–water partition coefficient (Wildman–Crippen LogP) is 6.53. The van der Waals surface area contributed by atoms with Gasteiger partial charge in [-0.2, -0.15) is 0 Å². The Bertz CT molecular complexity index is 1470. The zero-order valence-electron chi connectivity index (χ0n) is 19.3. The van der Waals surface area contributed by atoms with Crippen molar-refractivity contribution in [1.82, 2.24) is 4.98 Å². The number of carbonyl (C=O) groups excluding carboxylic acids is 1. The number of fused-ring (bicyclic) bond motifs is 1. The molecular weight excluding hydrogens is 468 g/mol. The van der Waals surface area contributed by atoms with E-state index in [0.717, 1.165) is 42.6 Å². The largest absolute Gasteiger partial charge is 0.436 e. The van der Waals surface area contributed by atoms with Crippen LogP contribution in [0.4, 0.5) is 17.1 Å². The van der Waals surface area contributed by atoms with Gasteiger partial charge in [-0.15, -0.1) is 0 Å². The average molecular weight is 491 g/mol. The monoisotopic (exact) mass is 490 g/mol. The van der Waals surface area contributed by atoms with Crippen molar-refractivity contribution in [2.75, 3.05) is 23.3 Å². The van der Waals surface area contributed by atoms with Crippen molar-refractivity contribution < 1.29 is 14.1 Å². The number of nitro benzene ring substituents is 1. The molecule has 35 heavy (non-hydrogen) atoms. The molecule has 2 heterocycles. The van der Waals surface area contributed by atoms with Crippen LogP contribution < -0.4 is 10.2 Å². The molecule has 0 unspecified atom stereocenters. The fourth-order valence-corrected chi connectivity index (χ4v) is 4.70. The maximum atomic E-state index is 13.0. The van der Waals surface area contributed by atoms with Crippen LogP contribution >= 0.6 is 11.6 Å². The van der Waals surface area contributed by atoms with Crippen LogP contribution in [-0.4, -0.2) is 28.9 Å². The van der Waals surface area contributed by atoms with E-state index in [1.165, 1.54) is 6.07 Å². The lowest BCUT2D eigenvalue weighted by atomic mass is 10.1. The maximum Gasteiger partial charge on any atom is 0.293 e. The third-order valence-electron chi connectivity index (χ3n) is 6.16. The van der Waals surface area contributed by atoms with E-state index in [1.807, 2.05) is 30.9 Å². The molecule has 1 aromatic heterocycles. The highest BCUT2D eigenvalue weighted by Crippen LogP contribution is 2.35.